The lowest BCUT2D eigenvalue weighted by molar-refractivity contribution is 0.460. The number of hydrogen-bond acceptors (Lipinski definition) is 5. The molecule has 1 aliphatic carbocycles. The molecule has 2 aromatic rings. The average molecular weight is 351 g/mol. The van der Waals surface area contributed by atoms with Crippen molar-refractivity contribution in [2.75, 3.05) is 41.3 Å². The van der Waals surface area contributed by atoms with Gasteiger partial charge in [-0.2, -0.15) is 4.98 Å². The van der Waals surface area contributed by atoms with Gasteiger partial charge in [-0.1, -0.05) is 37.5 Å². The maximum Gasteiger partial charge on any atom is 0.225 e. The number of rotatable bonds is 4. The van der Waals surface area contributed by atoms with E-state index in [1.54, 1.807) is 0 Å². The Labute approximate surface area is 156 Å². The lowest BCUT2D eigenvalue weighted by Crippen LogP contribution is -2.47. The van der Waals surface area contributed by atoms with Gasteiger partial charge >= 0.3 is 0 Å². The zero-order valence-electron chi connectivity index (χ0n) is 15.7. The van der Waals surface area contributed by atoms with Gasteiger partial charge < -0.3 is 15.1 Å². The summed E-state index contributed by atoms with van der Waals surface area (Å²) >= 11 is 0. The monoisotopic (exact) mass is 351 g/mol. The highest BCUT2D eigenvalue weighted by molar-refractivity contribution is 5.50. The van der Waals surface area contributed by atoms with Crippen LogP contribution in [0.4, 0.5) is 17.5 Å². The van der Waals surface area contributed by atoms with Crippen molar-refractivity contribution >= 4 is 17.5 Å². The molecule has 1 saturated carbocycles. The quantitative estimate of drug-likeness (QED) is 0.906. The molecule has 0 bridgehead atoms. The minimum atomic E-state index is 0.535. The molecule has 5 heteroatoms. The number of benzene rings is 1. The maximum absolute atomic E-state index is 4.83. The van der Waals surface area contributed by atoms with Gasteiger partial charge in [-0.05, 0) is 31.9 Å². The van der Waals surface area contributed by atoms with Crippen LogP contribution < -0.4 is 15.1 Å². The number of piperazine rings is 1. The van der Waals surface area contributed by atoms with E-state index in [9.17, 15) is 0 Å². The van der Waals surface area contributed by atoms with Crippen LogP contribution in [0.25, 0.3) is 0 Å². The maximum atomic E-state index is 4.83. The molecule has 26 heavy (non-hydrogen) atoms. The molecule has 0 radical (unpaired) electrons. The molecular weight excluding hydrogens is 322 g/mol. The Morgan fingerprint density at radius 3 is 2.31 bits per heavy atom. The minimum Gasteiger partial charge on any atom is -0.368 e. The zero-order valence-corrected chi connectivity index (χ0v) is 15.7. The summed E-state index contributed by atoms with van der Waals surface area (Å²) in [6.45, 7) is 6.11. The van der Waals surface area contributed by atoms with Gasteiger partial charge in [0.25, 0.3) is 0 Å². The third-order valence-corrected chi connectivity index (χ3v) is 5.50. The van der Waals surface area contributed by atoms with Crippen LogP contribution in [0.15, 0.2) is 36.4 Å². The van der Waals surface area contributed by atoms with Crippen molar-refractivity contribution in [3.05, 3.63) is 42.1 Å². The van der Waals surface area contributed by atoms with Crippen molar-refractivity contribution in [2.45, 2.75) is 45.1 Å². The second-order valence-electron chi connectivity index (χ2n) is 7.48. The molecule has 0 unspecified atom stereocenters. The number of aromatic nitrogens is 2. The van der Waals surface area contributed by atoms with Crippen LogP contribution in [0.2, 0.25) is 0 Å². The average Bonchev–Trinajstić information content (AvgIpc) is 2.69. The Balaban J connectivity index is 1.41. The van der Waals surface area contributed by atoms with Crippen LogP contribution in [0.1, 0.15) is 37.8 Å². The number of para-hydroxylation sites is 1. The highest BCUT2D eigenvalue weighted by atomic mass is 15.3. The standard InChI is InChI=1S/C21H29N5/c1-17-16-20(24-21(22-17)23-18-8-4-2-5-9-18)26-14-12-25(13-15-26)19-10-6-3-7-11-19/h3,6-7,10-11,16,18H,2,4-5,8-9,12-15H2,1H3,(H,22,23,24). The van der Waals surface area contributed by atoms with Gasteiger partial charge in [0.05, 0.1) is 0 Å². The first-order valence-corrected chi connectivity index (χ1v) is 9.95. The molecule has 0 amide bonds. The topological polar surface area (TPSA) is 44.3 Å². The van der Waals surface area contributed by atoms with Crippen molar-refractivity contribution in [3.63, 3.8) is 0 Å². The molecule has 1 saturated heterocycles. The molecule has 138 valence electrons. The number of anilines is 3. The van der Waals surface area contributed by atoms with Gasteiger partial charge in [-0.25, -0.2) is 4.98 Å². The number of nitrogens with zero attached hydrogens (tertiary/aromatic N) is 4. The van der Waals surface area contributed by atoms with Crippen molar-refractivity contribution in [1.29, 1.82) is 0 Å². The van der Waals surface area contributed by atoms with Gasteiger partial charge in [-0.15, -0.1) is 0 Å². The smallest absolute Gasteiger partial charge is 0.225 e. The molecule has 1 N–H and O–H groups in total. The fraction of sp³-hybridized carbons (Fsp3) is 0.524. The predicted molar refractivity (Wildman–Crippen MR) is 108 cm³/mol. The molecule has 0 spiro atoms. The van der Waals surface area contributed by atoms with E-state index in [1.807, 2.05) is 0 Å². The van der Waals surface area contributed by atoms with Crippen LogP contribution in [0, 0.1) is 6.92 Å². The van der Waals surface area contributed by atoms with Crippen molar-refractivity contribution in [1.82, 2.24) is 9.97 Å². The summed E-state index contributed by atoms with van der Waals surface area (Å²) in [6, 6.07) is 13.3. The molecule has 4 rings (SSSR count). The minimum absolute atomic E-state index is 0.535. The van der Waals surface area contributed by atoms with Gasteiger partial charge in [-0.3, -0.25) is 0 Å². The molecule has 1 aromatic carbocycles. The van der Waals surface area contributed by atoms with E-state index in [-0.39, 0.29) is 0 Å². The van der Waals surface area contributed by atoms with Crippen LogP contribution in [-0.4, -0.2) is 42.2 Å². The highest BCUT2D eigenvalue weighted by Gasteiger charge is 2.20. The van der Waals surface area contributed by atoms with Crippen LogP contribution >= 0.6 is 0 Å². The number of nitrogens with one attached hydrogen (secondary N) is 1. The van der Waals surface area contributed by atoms with Gasteiger partial charge in [0, 0.05) is 49.7 Å². The molecule has 2 fully saturated rings. The van der Waals surface area contributed by atoms with Crippen LogP contribution in [0.3, 0.4) is 0 Å². The highest BCUT2D eigenvalue weighted by Crippen LogP contribution is 2.23. The summed E-state index contributed by atoms with van der Waals surface area (Å²) in [5.41, 5.74) is 2.35. The third kappa shape index (κ3) is 4.09. The largest absolute Gasteiger partial charge is 0.368 e. The molecule has 1 aliphatic heterocycles. The summed E-state index contributed by atoms with van der Waals surface area (Å²) in [7, 11) is 0. The summed E-state index contributed by atoms with van der Waals surface area (Å²) in [5, 5.41) is 3.58. The molecule has 1 aromatic heterocycles. The molecule has 5 nitrogen and oxygen atoms in total. The second-order valence-corrected chi connectivity index (χ2v) is 7.48. The Morgan fingerprint density at radius 1 is 0.885 bits per heavy atom. The van der Waals surface area contributed by atoms with Crippen LogP contribution in [0.5, 0.6) is 0 Å². The van der Waals surface area contributed by atoms with E-state index >= 15 is 0 Å². The molecule has 2 heterocycles. The van der Waals surface area contributed by atoms with E-state index in [4.69, 9.17) is 4.98 Å². The Kier molecular flexibility index (Phi) is 5.23. The lowest BCUT2D eigenvalue weighted by Gasteiger charge is -2.37. The molecule has 2 aliphatic rings. The Bertz CT molecular complexity index is 704. The van der Waals surface area contributed by atoms with Gasteiger partial charge in [0.2, 0.25) is 5.95 Å². The first-order chi connectivity index (χ1) is 12.8. The van der Waals surface area contributed by atoms with Gasteiger partial charge in [0.15, 0.2) is 0 Å². The lowest BCUT2D eigenvalue weighted by atomic mass is 9.96. The van der Waals surface area contributed by atoms with Crippen molar-refractivity contribution in [3.8, 4) is 0 Å². The van der Waals surface area contributed by atoms with E-state index in [1.165, 1.54) is 37.8 Å². The molecule has 0 atom stereocenters. The first-order valence-electron chi connectivity index (χ1n) is 9.95. The van der Waals surface area contributed by atoms with Crippen molar-refractivity contribution < 1.29 is 0 Å². The van der Waals surface area contributed by atoms with E-state index < -0.39 is 0 Å². The van der Waals surface area contributed by atoms with E-state index in [2.05, 4.69) is 63.4 Å². The van der Waals surface area contributed by atoms with E-state index in [0.29, 0.717) is 6.04 Å². The summed E-state index contributed by atoms with van der Waals surface area (Å²) in [4.78, 5) is 14.3. The Morgan fingerprint density at radius 2 is 1.58 bits per heavy atom. The number of aryl methyl sites for hydroxylation is 1. The predicted octanol–water partition coefficient (Wildman–Crippen LogP) is 3.86. The second kappa shape index (κ2) is 7.94. The fourth-order valence-corrected chi connectivity index (χ4v) is 4.04. The Hall–Kier alpha value is -2.30. The van der Waals surface area contributed by atoms with E-state index in [0.717, 1.165) is 43.6 Å². The summed E-state index contributed by atoms with van der Waals surface area (Å²) in [5.74, 6) is 1.86. The zero-order chi connectivity index (χ0) is 17.8. The van der Waals surface area contributed by atoms with Crippen LogP contribution in [-0.2, 0) is 0 Å². The fourth-order valence-electron chi connectivity index (χ4n) is 4.04. The first kappa shape index (κ1) is 17.1. The summed E-state index contributed by atoms with van der Waals surface area (Å²) in [6.07, 6.45) is 6.48. The normalized spacial score (nSPS) is 18.8. The molecular formula is C21H29N5. The van der Waals surface area contributed by atoms with Gasteiger partial charge in [0.1, 0.15) is 5.82 Å². The van der Waals surface area contributed by atoms with Crippen molar-refractivity contribution in [2.24, 2.45) is 0 Å². The SMILES string of the molecule is Cc1cc(N2CCN(c3ccccc3)CC2)nc(NC2CCCCC2)n1. The third-order valence-electron chi connectivity index (χ3n) is 5.50. The summed E-state index contributed by atoms with van der Waals surface area (Å²) < 4.78 is 0. The number of hydrogen-bond donors (Lipinski definition) is 1.